The van der Waals surface area contributed by atoms with Crippen LogP contribution in [0.3, 0.4) is 0 Å². The average Bonchev–Trinajstić information content (AvgIpc) is 3.14. The van der Waals surface area contributed by atoms with Gasteiger partial charge in [0.25, 0.3) is 0 Å². The van der Waals surface area contributed by atoms with Gasteiger partial charge < -0.3 is 14.2 Å². The maximum Gasteiger partial charge on any atom is 0.306 e. The highest BCUT2D eigenvalue weighted by Crippen LogP contribution is 2.12. The van der Waals surface area contributed by atoms with Crippen LogP contribution in [0, 0.1) is 0 Å². The summed E-state index contributed by atoms with van der Waals surface area (Å²) >= 11 is 0. The zero-order valence-corrected chi connectivity index (χ0v) is 33.5. The van der Waals surface area contributed by atoms with Crippen molar-refractivity contribution in [2.45, 2.75) is 187 Å². The highest BCUT2D eigenvalue weighted by Gasteiger charge is 2.19. The summed E-state index contributed by atoms with van der Waals surface area (Å²) in [7, 11) is 0. The SMILES string of the molecule is CC\C=C/C=C\C=C/CCCCCCCC(=O)OCC(COC(=O)CCCCCCCCCCC)OC(=O)CCCC/C=C\C/C=C\C/C=C\CC. The molecule has 0 spiro atoms. The Hall–Kier alpha value is -3.15. The van der Waals surface area contributed by atoms with E-state index in [1.54, 1.807) is 0 Å². The molecule has 0 radical (unpaired) electrons. The van der Waals surface area contributed by atoms with Crippen molar-refractivity contribution in [3.8, 4) is 0 Å². The number of unbranched alkanes of at least 4 members (excludes halogenated alkanes) is 15. The molecule has 6 nitrogen and oxygen atoms in total. The van der Waals surface area contributed by atoms with Crippen molar-refractivity contribution in [3.05, 3.63) is 72.9 Å². The lowest BCUT2D eigenvalue weighted by molar-refractivity contribution is -0.167. The summed E-state index contributed by atoms with van der Waals surface area (Å²) in [5.41, 5.74) is 0. The zero-order valence-electron chi connectivity index (χ0n) is 33.5. The van der Waals surface area contributed by atoms with Gasteiger partial charge in [-0.05, 0) is 70.6 Å². The summed E-state index contributed by atoms with van der Waals surface area (Å²) in [6.45, 7) is 6.28. The standard InChI is InChI=1S/C46H76O6/c1-4-7-10-13-16-19-21-23-25-27-30-33-36-39-45(48)51-42-43(41-50-44(47)38-35-32-29-26-18-15-12-9-6-3)52-46(49)40-37-34-31-28-24-22-20-17-14-11-8-5-2/h7-8,10-11,13,16-17,19-21,24,28,43H,4-6,9,12,14-15,18,22-23,25-27,29-42H2,1-3H3/b10-7-,11-8-,16-13-,20-17-,21-19-,28-24-. The minimum absolute atomic E-state index is 0.0978. The van der Waals surface area contributed by atoms with E-state index in [0.29, 0.717) is 19.3 Å². The minimum Gasteiger partial charge on any atom is -0.462 e. The molecule has 0 saturated heterocycles. The van der Waals surface area contributed by atoms with Crippen molar-refractivity contribution in [1.29, 1.82) is 0 Å². The molecule has 0 rings (SSSR count). The van der Waals surface area contributed by atoms with Crippen LogP contribution in [-0.2, 0) is 28.6 Å². The topological polar surface area (TPSA) is 78.9 Å². The van der Waals surface area contributed by atoms with Gasteiger partial charge in [0.1, 0.15) is 13.2 Å². The Bertz CT molecular complexity index is 1020. The second kappa shape index (κ2) is 40.6. The quantitative estimate of drug-likeness (QED) is 0.0210. The van der Waals surface area contributed by atoms with E-state index in [4.69, 9.17) is 14.2 Å². The monoisotopic (exact) mass is 725 g/mol. The third-order valence-electron chi connectivity index (χ3n) is 8.52. The van der Waals surface area contributed by atoms with Crippen LogP contribution in [0.4, 0.5) is 0 Å². The predicted molar refractivity (Wildman–Crippen MR) is 219 cm³/mol. The highest BCUT2D eigenvalue weighted by atomic mass is 16.6. The maximum absolute atomic E-state index is 12.6. The molecule has 0 fully saturated rings. The number of esters is 3. The number of rotatable bonds is 36. The van der Waals surface area contributed by atoms with E-state index in [2.05, 4.69) is 87.6 Å². The molecule has 0 saturated carbocycles. The fraction of sp³-hybridized carbons (Fsp3) is 0.674. The van der Waals surface area contributed by atoms with Gasteiger partial charge in [-0.2, -0.15) is 0 Å². The van der Waals surface area contributed by atoms with Crippen LogP contribution in [0.25, 0.3) is 0 Å². The first-order valence-electron chi connectivity index (χ1n) is 21.0. The summed E-state index contributed by atoms with van der Waals surface area (Å²) in [5, 5.41) is 0. The molecule has 0 aliphatic rings. The highest BCUT2D eigenvalue weighted by molar-refractivity contribution is 5.71. The molecule has 52 heavy (non-hydrogen) atoms. The largest absolute Gasteiger partial charge is 0.462 e. The molecule has 0 aromatic rings. The van der Waals surface area contributed by atoms with E-state index in [1.165, 1.54) is 38.5 Å². The summed E-state index contributed by atoms with van der Waals surface area (Å²) in [5.74, 6) is -0.972. The second-order valence-electron chi connectivity index (χ2n) is 13.6. The Balaban J connectivity index is 4.48. The number of carbonyl (C=O) groups excluding carboxylic acids is 3. The zero-order chi connectivity index (χ0) is 38.0. The van der Waals surface area contributed by atoms with Crippen LogP contribution in [0.2, 0.25) is 0 Å². The van der Waals surface area contributed by atoms with Crippen molar-refractivity contribution in [1.82, 2.24) is 0 Å². The molecule has 0 N–H and O–H groups in total. The fourth-order valence-electron chi connectivity index (χ4n) is 5.39. The van der Waals surface area contributed by atoms with Crippen LogP contribution in [-0.4, -0.2) is 37.2 Å². The van der Waals surface area contributed by atoms with Crippen LogP contribution < -0.4 is 0 Å². The number of carbonyl (C=O) groups is 3. The van der Waals surface area contributed by atoms with Gasteiger partial charge in [0.05, 0.1) is 0 Å². The summed E-state index contributed by atoms with van der Waals surface area (Å²) < 4.78 is 16.6. The number of hydrogen-bond acceptors (Lipinski definition) is 6. The molecule has 0 amide bonds. The van der Waals surface area contributed by atoms with Gasteiger partial charge in [0.2, 0.25) is 0 Å². The molecular formula is C46H76O6. The van der Waals surface area contributed by atoms with E-state index in [9.17, 15) is 14.4 Å². The summed E-state index contributed by atoms with van der Waals surface area (Å²) in [6, 6.07) is 0. The van der Waals surface area contributed by atoms with Gasteiger partial charge in [-0.1, -0.05) is 164 Å². The smallest absolute Gasteiger partial charge is 0.306 e. The van der Waals surface area contributed by atoms with Crippen molar-refractivity contribution < 1.29 is 28.6 Å². The third kappa shape index (κ3) is 38.1. The lowest BCUT2D eigenvalue weighted by Crippen LogP contribution is -2.30. The van der Waals surface area contributed by atoms with Crippen molar-refractivity contribution in [2.75, 3.05) is 13.2 Å². The molecule has 0 heterocycles. The van der Waals surface area contributed by atoms with Crippen molar-refractivity contribution >= 4 is 17.9 Å². The van der Waals surface area contributed by atoms with Crippen LogP contribution in [0.1, 0.15) is 181 Å². The van der Waals surface area contributed by atoms with Crippen LogP contribution >= 0.6 is 0 Å². The predicted octanol–water partition coefficient (Wildman–Crippen LogP) is 13.1. The molecular weight excluding hydrogens is 648 g/mol. The normalized spacial score (nSPS) is 12.8. The van der Waals surface area contributed by atoms with Crippen LogP contribution in [0.15, 0.2) is 72.9 Å². The van der Waals surface area contributed by atoms with Crippen molar-refractivity contribution in [2.24, 2.45) is 0 Å². The van der Waals surface area contributed by atoms with E-state index < -0.39 is 6.10 Å². The number of allylic oxidation sites excluding steroid dienone is 12. The molecule has 296 valence electrons. The van der Waals surface area contributed by atoms with Crippen molar-refractivity contribution in [3.63, 3.8) is 0 Å². The van der Waals surface area contributed by atoms with Crippen LogP contribution in [0.5, 0.6) is 0 Å². The van der Waals surface area contributed by atoms with Gasteiger partial charge >= 0.3 is 17.9 Å². The first-order chi connectivity index (χ1) is 25.5. The summed E-state index contributed by atoms with van der Waals surface area (Å²) in [6.07, 6.45) is 48.9. The molecule has 1 atom stereocenters. The Morgan fingerprint density at radius 2 is 0.846 bits per heavy atom. The van der Waals surface area contributed by atoms with Gasteiger partial charge in [-0.3, -0.25) is 14.4 Å². The Morgan fingerprint density at radius 3 is 1.42 bits per heavy atom. The van der Waals surface area contributed by atoms with Gasteiger partial charge in [-0.15, -0.1) is 0 Å². The lowest BCUT2D eigenvalue weighted by Gasteiger charge is -2.18. The second-order valence-corrected chi connectivity index (χ2v) is 13.6. The molecule has 0 aliphatic heterocycles. The first-order valence-corrected chi connectivity index (χ1v) is 21.0. The number of hydrogen-bond donors (Lipinski definition) is 0. The minimum atomic E-state index is -0.798. The van der Waals surface area contributed by atoms with Gasteiger partial charge in [0, 0.05) is 19.3 Å². The number of ether oxygens (including phenoxy) is 3. The van der Waals surface area contributed by atoms with E-state index in [1.807, 2.05) is 6.08 Å². The van der Waals surface area contributed by atoms with E-state index >= 15 is 0 Å². The van der Waals surface area contributed by atoms with E-state index in [-0.39, 0.29) is 37.5 Å². The maximum atomic E-state index is 12.6. The molecule has 0 aromatic heterocycles. The Morgan fingerprint density at radius 1 is 0.423 bits per heavy atom. The first kappa shape index (κ1) is 48.9. The molecule has 1 unspecified atom stereocenters. The molecule has 0 aliphatic carbocycles. The third-order valence-corrected chi connectivity index (χ3v) is 8.52. The molecule has 0 aromatic carbocycles. The average molecular weight is 725 g/mol. The van der Waals surface area contributed by atoms with E-state index in [0.717, 1.165) is 96.3 Å². The van der Waals surface area contributed by atoms with Gasteiger partial charge in [-0.25, -0.2) is 0 Å². The lowest BCUT2D eigenvalue weighted by atomic mass is 10.1. The van der Waals surface area contributed by atoms with Gasteiger partial charge in [0.15, 0.2) is 6.10 Å². The molecule has 6 heteroatoms. The summed E-state index contributed by atoms with van der Waals surface area (Å²) in [4.78, 5) is 37.5. The Kier molecular flexibility index (Phi) is 38.2. The molecule has 0 bridgehead atoms. The Labute approximate surface area is 319 Å². The fourth-order valence-corrected chi connectivity index (χ4v) is 5.39.